The average molecular weight is 450 g/mol. The van der Waals surface area contributed by atoms with E-state index in [9.17, 15) is 5.11 Å². The minimum absolute atomic E-state index is 0.465. The molecule has 0 saturated heterocycles. The first kappa shape index (κ1) is 22.4. The van der Waals surface area contributed by atoms with Crippen LogP contribution in [0, 0.1) is 0 Å². The molecule has 1 heterocycles. The molecule has 1 aromatic heterocycles. The molecule has 1 unspecified atom stereocenters. The second-order valence-corrected chi connectivity index (χ2v) is 7.41. The summed E-state index contributed by atoms with van der Waals surface area (Å²) in [6, 6.07) is 17.0. The fourth-order valence-corrected chi connectivity index (χ4v) is 4.02. The van der Waals surface area contributed by atoms with Crippen molar-refractivity contribution in [1.82, 2.24) is 4.98 Å². The Hall–Kier alpha value is -3.84. The van der Waals surface area contributed by atoms with Crippen molar-refractivity contribution < 1.29 is 28.8 Å². The summed E-state index contributed by atoms with van der Waals surface area (Å²) in [6.45, 7) is 0. The van der Waals surface area contributed by atoms with Crippen LogP contribution in [0.5, 0.6) is 28.7 Å². The molecule has 0 aliphatic heterocycles. The molecule has 7 heteroatoms. The van der Waals surface area contributed by atoms with Crippen LogP contribution in [0.2, 0.25) is 0 Å². The van der Waals surface area contributed by atoms with E-state index in [0.29, 0.717) is 28.5 Å². The lowest BCUT2D eigenvalue weighted by Gasteiger charge is -2.18. The number of aromatic nitrogens is 1. The van der Waals surface area contributed by atoms with E-state index in [2.05, 4.69) is 4.98 Å². The van der Waals surface area contributed by atoms with Crippen molar-refractivity contribution >= 4 is 10.9 Å². The van der Waals surface area contributed by atoms with Crippen LogP contribution in [0.25, 0.3) is 22.0 Å². The topological polar surface area (TPSA) is 82.2 Å². The second kappa shape index (κ2) is 9.34. The maximum atomic E-state index is 11.5. The summed E-state index contributed by atoms with van der Waals surface area (Å²) in [5.41, 5.74) is 3.91. The zero-order chi connectivity index (χ0) is 23.5. The molecule has 0 saturated carbocycles. The lowest BCUT2D eigenvalue weighted by Crippen LogP contribution is -2.04. The molecule has 0 bridgehead atoms. The normalized spacial score (nSPS) is 11.8. The third-order valence-electron chi connectivity index (χ3n) is 5.69. The highest BCUT2D eigenvalue weighted by Crippen LogP contribution is 2.44. The monoisotopic (exact) mass is 449 g/mol. The molecule has 0 amide bonds. The highest BCUT2D eigenvalue weighted by Gasteiger charge is 2.24. The van der Waals surface area contributed by atoms with Crippen LogP contribution in [0.1, 0.15) is 17.4 Å². The van der Waals surface area contributed by atoms with Crippen molar-refractivity contribution in [2.75, 3.05) is 35.5 Å². The molecule has 0 spiro atoms. The molecular formula is C26H27NO6. The summed E-state index contributed by atoms with van der Waals surface area (Å²) in [4.78, 5) is 3.39. The van der Waals surface area contributed by atoms with E-state index in [0.717, 1.165) is 33.5 Å². The van der Waals surface area contributed by atoms with Gasteiger partial charge in [0.2, 0.25) is 5.75 Å². The first-order chi connectivity index (χ1) is 16.0. The van der Waals surface area contributed by atoms with Crippen LogP contribution >= 0.6 is 0 Å². The van der Waals surface area contributed by atoms with Crippen molar-refractivity contribution in [2.45, 2.75) is 6.10 Å². The van der Waals surface area contributed by atoms with Crippen molar-refractivity contribution in [2.24, 2.45) is 0 Å². The quantitative estimate of drug-likeness (QED) is 0.396. The average Bonchev–Trinajstić information content (AvgIpc) is 3.25. The number of aliphatic hydroxyl groups excluding tert-OH is 1. The molecule has 4 aromatic rings. The molecule has 0 radical (unpaired) electrons. The third kappa shape index (κ3) is 4.03. The standard InChI is InChI=1S/C26H27NO6/c1-29-17-8-6-15(7-9-17)23-19-11-10-18(30-2)14-20(19)27-24(23)25(28)16-12-21(31-3)26(33-5)22(13-16)32-4/h6-14,25,27-28H,1-5H3. The van der Waals surface area contributed by atoms with Gasteiger partial charge in [0.1, 0.15) is 17.6 Å². The molecule has 33 heavy (non-hydrogen) atoms. The van der Waals surface area contributed by atoms with Gasteiger partial charge in [-0.05, 0) is 47.5 Å². The number of nitrogens with one attached hydrogen (secondary N) is 1. The van der Waals surface area contributed by atoms with Gasteiger partial charge < -0.3 is 33.8 Å². The minimum atomic E-state index is -0.991. The number of fused-ring (bicyclic) bond motifs is 1. The highest BCUT2D eigenvalue weighted by atomic mass is 16.5. The predicted octanol–water partition coefficient (Wildman–Crippen LogP) is 4.96. The van der Waals surface area contributed by atoms with Gasteiger partial charge in [-0.1, -0.05) is 12.1 Å². The molecule has 0 fully saturated rings. The zero-order valence-corrected chi connectivity index (χ0v) is 19.3. The zero-order valence-electron chi connectivity index (χ0n) is 19.3. The van der Waals surface area contributed by atoms with Gasteiger partial charge in [0, 0.05) is 17.0 Å². The van der Waals surface area contributed by atoms with E-state index in [1.54, 1.807) is 47.7 Å². The Kier molecular flexibility index (Phi) is 6.33. The number of rotatable bonds is 8. The molecule has 0 aliphatic carbocycles. The van der Waals surface area contributed by atoms with Gasteiger partial charge in [0.05, 0.1) is 46.8 Å². The fourth-order valence-electron chi connectivity index (χ4n) is 4.02. The van der Waals surface area contributed by atoms with Gasteiger partial charge in [-0.2, -0.15) is 0 Å². The molecular weight excluding hydrogens is 422 g/mol. The Morgan fingerprint density at radius 2 is 1.30 bits per heavy atom. The van der Waals surface area contributed by atoms with Crippen molar-refractivity contribution in [1.29, 1.82) is 0 Å². The number of aromatic amines is 1. The molecule has 2 N–H and O–H groups in total. The van der Waals surface area contributed by atoms with Crippen molar-refractivity contribution in [3.8, 4) is 39.9 Å². The molecule has 7 nitrogen and oxygen atoms in total. The largest absolute Gasteiger partial charge is 0.497 e. The van der Waals surface area contributed by atoms with Gasteiger partial charge in [0.25, 0.3) is 0 Å². The minimum Gasteiger partial charge on any atom is -0.497 e. The summed E-state index contributed by atoms with van der Waals surface area (Å²) >= 11 is 0. The van der Waals surface area contributed by atoms with E-state index in [1.165, 1.54) is 0 Å². The molecule has 0 aliphatic rings. The summed E-state index contributed by atoms with van der Waals surface area (Å²) in [5.74, 6) is 2.88. The number of H-pyrrole nitrogens is 1. The number of ether oxygens (including phenoxy) is 5. The smallest absolute Gasteiger partial charge is 0.203 e. The first-order valence-electron chi connectivity index (χ1n) is 10.4. The molecule has 1 atom stereocenters. The van der Waals surface area contributed by atoms with Gasteiger partial charge in [-0.15, -0.1) is 0 Å². The van der Waals surface area contributed by atoms with Crippen LogP contribution in [0.4, 0.5) is 0 Å². The number of benzene rings is 3. The van der Waals surface area contributed by atoms with Crippen LogP contribution in [-0.2, 0) is 0 Å². The number of methoxy groups -OCH3 is 5. The van der Waals surface area contributed by atoms with E-state index >= 15 is 0 Å². The van der Waals surface area contributed by atoms with E-state index in [1.807, 2.05) is 42.5 Å². The Bertz CT molecular complexity index is 1240. The lowest BCUT2D eigenvalue weighted by atomic mass is 9.96. The highest BCUT2D eigenvalue weighted by molar-refractivity contribution is 5.98. The Labute approximate surface area is 192 Å². The lowest BCUT2D eigenvalue weighted by molar-refractivity contribution is 0.215. The number of hydrogen-bond acceptors (Lipinski definition) is 6. The molecule has 172 valence electrons. The molecule has 3 aromatic carbocycles. The Morgan fingerprint density at radius 3 is 1.85 bits per heavy atom. The van der Waals surface area contributed by atoms with Crippen LogP contribution < -0.4 is 23.7 Å². The maximum Gasteiger partial charge on any atom is 0.203 e. The third-order valence-corrected chi connectivity index (χ3v) is 5.69. The van der Waals surface area contributed by atoms with E-state index in [-0.39, 0.29) is 0 Å². The van der Waals surface area contributed by atoms with Crippen molar-refractivity contribution in [3.63, 3.8) is 0 Å². The van der Waals surface area contributed by atoms with Crippen LogP contribution in [0.15, 0.2) is 54.6 Å². The Morgan fingerprint density at radius 1 is 0.697 bits per heavy atom. The summed E-state index contributed by atoms with van der Waals surface area (Å²) in [5, 5.41) is 12.5. The van der Waals surface area contributed by atoms with E-state index < -0.39 is 6.10 Å². The van der Waals surface area contributed by atoms with Crippen molar-refractivity contribution in [3.05, 3.63) is 65.9 Å². The number of hydrogen-bond donors (Lipinski definition) is 2. The SMILES string of the molecule is COc1ccc(-c2c(C(O)c3cc(OC)c(OC)c(OC)c3)[nH]c3cc(OC)ccc23)cc1. The first-order valence-corrected chi connectivity index (χ1v) is 10.4. The van der Waals surface area contributed by atoms with Crippen LogP contribution in [-0.4, -0.2) is 45.6 Å². The summed E-state index contributed by atoms with van der Waals surface area (Å²) in [7, 11) is 7.90. The Balaban J connectivity index is 1.92. The summed E-state index contributed by atoms with van der Waals surface area (Å²) in [6.07, 6.45) is -0.991. The van der Waals surface area contributed by atoms with E-state index in [4.69, 9.17) is 23.7 Å². The van der Waals surface area contributed by atoms with Gasteiger partial charge in [-0.25, -0.2) is 0 Å². The fraction of sp³-hybridized carbons (Fsp3) is 0.231. The number of aliphatic hydroxyl groups is 1. The van der Waals surface area contributed by atoms with Gasteiger partial charge in [-0.3, -0.25) is 0 Å². The summed E-state index contributed by atoms with van der Waals surface area (Å²) < 4.78 is 27.1. The van der Waals surface area contributed by atoms with Crippen LogP contribution in [0.3, 0.4) is 0 Å². The second-order valence-electron chi connectivity index (χ2n) is 7.41. The maximum absolute atomic E-state index is 11.5. The predicted molar refractivity (Wildman–Crippen MR) is 127 cm³/mol. The van der Waals surface area contributed by atoms with Gasteiger partial charge >= 0.3 is 0 Å². The molecule has 4 rings (SSSR count). The van der Waals surface area contributed by atoms with Gasteiger partial charge in [0.15, 0.2) is 11.5 Å².